The predicted octanol–water partition coefficient (Wildman–Crippen LogP) is 2.53. The van der Waals surface area contributed by atoms with Crippen molar-refractivity contribution in [3.8, 4) is 11.5 Å². The molecule has 1 aromatic rings. The molecular formula is C24H35N3O4. The van der Waals surface area contributed by atoms with Gasteiger partial charge in [-0.25, -0.2) is 0 Å². The molecule has 3 aliphatic heterocycles. The third-order valence-electron chi connectivity index (χ3n) is 7.16. The fourth-order valence-corrected chi connectivity index (χ4v) is 5.54. The van der Waals surface area contributed by atoms with E-state index in [-0.39, 0.29) is 23.8 Å². The first kappa shape index (κ1) is 21.9. The molecule has 0 unspecified atom stereocenters. The Balaban J connectivity index is 1.37. The highest BCUT2D eigenvalue weighted by Crippen LogP contribution is 2.40. The zero-order chi connectivity index (χ0) is 21.8. The Morgan fingerprint density at radius 2 is 1.90 bits per heavy atom. The molecule has 170 valence electrons. The molecule has 0 radical (unpaired) electrons. The lowest BCUT2D eigenvalue weighted by Gasteiger charge is -2.40. The number of nitrogens with zero attached hydrogens (tertiary/aromatic N) is 3. The Morgan fingerprint density at radius 3 is 2.68 bits per heavy atom. The van der Waals surface area contributed by atoms with Crippen LogP contribution in [0.3, 0.4) is 0 Å². The van der Waals surface area contributed by atoms with Gasteiger partial charge in [-0.1, -0.05) is 12.1 Å². The Bertz CT molecular complexity index is 814. The molecule has 3 heterocycles. The van der Waals surface area contributed by atoms with Crippen LogP contribution in [0.1, 0.15) is 44.1 Å². The van der Waals surface area contributed by atoms with Gasteiger partial charge in [-0.15, -0.1) is 0 Å². The van der Waals surface area contributed by atoms with Crippen molar-refractivity contribution < 1.29 is 19.1 Å². The van der Waals surface area contributed by atoms with E-state index < -0.39 is 0 Å². The summed E-state index contributed by atoms with van der Waals surface area (Å²) in [7, 11) is 3.35. The maximum Gasteiger partial charge on any atom is 0.242 e. The van der Waals surface area contributed by atoms with E-state index in [9.17, 15) is 9.59 Å². The lowest BCUT2D eigenvalue weighted by atomic mass is 9.79. The number of benzene rings is 1. The molecule has 0 N–H and O–H groups in total. The first-order chi connectivity index (χ1) is 15.0. The zero-order valence-electron chi connectivity index (χ0n) is 18.9. The maximum absolute atomic E-state index is 12.9. The number of methoxy groups -OCH3 is 2. The standard InChI is InChI=1S/C24H35N3O4/c1-30-20-8-5-7-19(23(20)31-2)15-25-12-6-10-24(17-25)11-14-27(18-24)22(29)16-26-13-4-3-9-21(26)28/h5,7-8H,3-4,6,9-18H2,1-2H3/t24-/m1/s1. The number of hydrogen-bond acceptors (Lipinski definition) is 5. The van der Waals surface area contributed by atoms with Crippen LogP contribution in [0.5, 0.6) is 11.5 Å². The number of ether oxygens (including phenoxy) is 2. The second kappa shape index (κ2) is 9.47. The minimum atomic E-state index is 0.110. The summed E-state index contributed by atoms with van der Waals surface area (Å²) in [5.41, 5.74) is 1.29. The molecule has 3 fully saturated rings. The summed E-state index contributed by atoms with van der Waals surface area (Å²) >= 11 is 0. The predicted molar refractivity (Wildman–Crippen MR) is 118 cm³/mol. The first-order valence-corrected chi connectivity index (χ1v) is 11.5. The molecular weight excluding hydrogens is 394 g/mol. The highest BCUT2D eigenvalue weighted by Gasteiger charge is 2.43. The largest absolute Gasteiger partial charge is 0.493 e. The molecule has 1 atom stereocenters. The highest BCUT2D eigenvalue weighted by molar-refractivity contribution is 5.85. The number of hydrogen-bond donors (Lipinski definition) is 0. The van der Waals surface area contributed by atoms with E-state index in [0.717, 1.165) is 88.4 Å². The van der Waals surface area contributed by atoms with Gasteiger partial charge in [0, 0.05) is 50.1 Å². The minimum absolute atomic E-state index is 0.110. The molecule has 3 saturated heterocycles. The highest BCUT2D eigenvalue weighted by atomic mass is 16.5. The molecule has 4 rings (SSSR count). The SMILES string of the molecule is COc1cccc(CN2CCC[C@@]3(CCN(C(=O)CN4CCCCC4=O)C3)C2)c1OC. The quantitative estimate of drug-likeness (QED) is 0.696. The normalized spacial score (nSPS) is 24.6. The Labute approximate surface area is 185 Å². The smallest absolute Gasteiger partial charge is 0.242 e. The molecule has 0 aliphatic carbocycles. The molecule has 3 aliphatic rings. The van der Waals surface area contributed by atoms with E-state index in [1.165, 1.54) is 0 Å². The van der Waals surface area contributed by atoms with Gasteiger partial charge < -0.3 is 19.3 Å². The third kappa shape index (κ3) is 4.81. The van der Waals surface area contributed by atoms with Crippen LogP contribution in [-0.4, -0.2) is 80.0 Å². The Morgan fingerprint density at radius 1 is 1.03 bits per heavy atom. The summed E-state index contributed by atoms with van der Waals surface area (Å²) < 4.78 is 11.1. The van der Waals surface area contributed by atoms with Gasteiger partial charge in [0.2, 0.25) is 11.8 Å². The van der Waals surface area contributed by atoms with Crippen molar-refractivity contribution in [1.82, 2.24) is 14.7 Å². The monoisotopic (exact) mass is 429 g/mol. The van der Waals surface area contributed by atoms with Crippen molar-refractivity contribution in [2.45, 2.75) is 45.1 Å². The van der Waals surface area contributed by atoms with Crippen LogP contribution in [0.4, 0.5) is 0 Å². The van der Waals surface area contributed by atoms with E-state index >= 15 is 0 Å². The van der Waals surface area contributed by atoms with Gasteiger partial charge in [0.25, 0.3) is 0 Å². The van der Waals surface area contributed by atoms with Gasteiger partial charge in [-0.2, -0.15) is 0 Å². The number of para-hydroxylation sites is 1. The molecule has 0 aromatic heterocycles. The second-order valence-corrected chi connectivity index (χ2v) is 9.30. The first-order valence-electron chi connectivity index (χ1n) is 11.5. The van der Waals surface area contributed by atoms with Gasteiger partial charge >= 0.3 is 0 Å². The topological polar surface area (TPSA) is 62.3 Å². The summed E-state index contributed by atoms with van der Waals surface area (Å²) in [6.45, 7) is 5.44. The van der Waals surface area contributed by atoms with E-state index in [2.05, 4.69) is 11.0 Å². The van der Waals surface area contributed by atoms with Gasteiger partial charge in [0.15, 0.2) is 11.5 Å². The molecule has 31 heavy (non-hydrogen) atoms. The average molecular weight is 430 g/mol. The lowest BCUT2D eigenvalue weighted by molar-refractivity contribution is -0.141. The molecule has 1 spiro atoms. The van der Waals surface area contributed by atoms with Gasteiger partial charge in [0.05, 0.1) is 20.8 Å². The van der Waals surface area contributed by atoms with Gasteiger partial charge in [-0.3, -0.25) is 14.5 Å². The van der Waals surface area contributed by atoms with E-state index in [0.29, 0.717) is 6.42 Å². The number of amides is 2. The zero-order valence-corrected chi connectivity index (χ0v) is 18.9. The summed E-state index contributed by atoms with van der Waals surface area (Å²) in [4.78, 5) is 31.2. The summed E-state index contributed by atoms with van der Waals surface area (Å²) in [5, 5.41) is 0. The van der Waals surface area contributed by atoms with Crippen molar-refractivity contribution in [2.75, 3.05) is 53.5 Å². The molecule has 1 aromatic carbocycles. The average Bonchev–Trinajstić information content (AvgIpc) is 3.18. The summed E-state index contributed by atoms with van der Waals surface area (Å²) in [5.74, 6) is 1.80. The van der Waals surface area contributed by atoms with E-state index in [4.69, 9.17) is 9.47 Å². The van der Waals surface area contributed by atoms with Crippen LogP contribution in [-0.2, 0) is 16.1 Å². The fraction of sp³-hybridized carbons (Fsp3) is 0.667. The van der Waals surface area contributed by atoms with E-state index in [1.54, 1.807) is 19.1 Å². The summed E-state index contributed by atoms with van der Waals surface area (Å²) in [6.07, 6.45) is 5.87. The van der Waals surface area contributed by atoms with Crippen molar-refractivity contribution >= 4 is 11.8 Å². The van der Waals surface area contributed by atoms with Crippen LogP contribution >= 0.6 is 0 Å². The van der Waals surface area contributed by atoms with Crippen molar-refractivity contribution in [3.63, 3.8) is 0 Å². The van der Waals surface area contributed by atoms with Crippen molar-refractivity contribution in [2.24, 2.45) is 5.41 Å². The molecule has 2 amide bonds. The Kier molecular flexibility index (Phi) is 6.70. The van der Waals surface area contributed by atoms with Crippen molar-refractivity contribution in [3.05, 3.63) is 23.8 Å². The molecule has 7 heteroatoms. The maximum atomic E-state index is 12.9. The number of piperidine rings is 2. The number of carbonyl (C=O) groups excluding carboxylic acids is 2. The van der Waals surface area contributed by atoms with Crippen LogP contribution in [0.15, 0.2) is 18.2 Å². The van der Waals surface area contributed by atoms with Crippen molar-refractivity contribution in [1.29, 1.82) is 0 Å². The number of likely N-dealkylation sites (tertiary alicyclic amines) is 3. The lowest BCUT2D eigenvalue weighted by Crippen LogP contribution is -2.47. The van der Waals surface area contributed by atoms with E-state index in [1.807, 2.05) is 17.0 Å². The molecule has 7 nitrogen and oxygen atoms in total. The number of carbonyl (C=O) groups is 2. The fourth-order valence-electron chi connectivity index (χ4n) is 5.54. The Hall–Kier alpha value is -2.28. The van der Waals surface area contributed by atoms with Crippen LogP contribution in [0.25, 0.3) is 0 Å². The van der Waals surface area contributed by atoms with Gasteiger partial charge in [0.1, 0.15) is 0 Å². The molecule has 0 bridgehead atoms. The minimum Gasteiger partial charge on any atom is -0.493 e. The van der Waals surface area contributed by atoms with Crippen LogP contribution in [0.2, 0.25) is 0 Å². The van der Waals surface area contributed by atoms with Crippen LogP contribution < -0.4 is 9.47 Å². The second-order valence-electron chi connectivity index (χ2n) is 9.30. The van der Waals surface area contributed by atoms with Crippen LogP contribution in [0, 0.1) is 5.41 Å². The number of rotatable bonds is 6. The van der Waals surface area contributed by atoms with Gasteiger partial charge in [-0.05, 0) is 44.7 Å². The molecule has 0 saturated carbocycles. The third-order valence-corrected chi connectivity index (χ3v) is 7.16. The summed E-state index contributed by atoms with van der Waals surface area (Å²) in [6, 6.07) is 6.03.